The van der Waals surface area contributed by atoms with Gasteiger partial charge in [0.2, 0.25) is 0 Å². The SMILES string of the molecule is C#Cc1cccc(NC(O)Cc2cc3ccc(OC(C)(C)C(=O)O)cc3[nH]2)c1. The third-order valence-corrected chi connectivity index (χ3v) is 4.31. The molecule has 0 aliphatic heterocycles. The molecule has 0 fully saturated rings. The van der Waals surface area contributed by atoms with E-state index >= 15 is 0 Å². The molecule has 6 heteroatoms. The third-order valence-electron chi connectivity index (χ3n) is 4.31. The van der Waals surface area contributed by atoms with Gasteiger partial charge >= 0.3 is 5.97 Å². The van der Waals surface area contributed by atoms with Gasteiger partial charge in [0.15, 0.2) is 5.60 Å². The predicted octanol–water partition coefficient (Wildman–Crippen LogP) is 3.36. The molecule has 0 bridgehead atoms. The molecule has 1 aromatic heterocycles. The van der Waals surface area contributed by atoms with Crippen LogP contribution in [0.3, 0.4) is 0 Å². The fraction of sp³-hybridized carbons (Fsp3) is 0.227. The van der Waals surface area contributed by atoms with Crippen LogP contribution in [-0.4, -0.2) is 33.0 Å². The maximum absolute atomic E-state index is 11.2. The van der Waals surface area contributed by atoms with E-state index in [0.29, 0.717) is 12.2 Å². The average molecular weight is 378 g/mol. The molecule has 0 saturated carbocycles. The highest BCUT2D eigenvalue weighted by Gasteiger charge is 2.29. The zero-order valence-corrected chi connectivity index (χ0v) is 15.7. The summed E-state index contributed by atoms with van der Waals surface area (Å²) in [7, 11) is 0. The number of aliphatic hydroxyl groups is 1. The normalized spacial score (nSPS) is 12.4. The number of aliphatic hydroxyl groups excluding tert-OH is 1. The molecule has 4 N–H and O–H groups in total. The highest BCUT2D eigenvalue weighted by atomic mass is 16.5. The topological polar surface area (TPSA) is 94.6 Å². The van der Waals surface area contributed by atoms with E-state index < -0.39 is 17.8 Å². The number of aromatic amines is 1. The summed E-state index contributed by atoms with van der Waals surface area (Å²) in [5.74, 6) is 1.98. The molecule has 0 aliphatic carbocycles. The number of nitrogens with one attached hydrogen (secondary N) is 2. The van der Waals surface area contributed by atoms with Crippen LogP contribution in [0.25, 0.3) is 10.9 Å². The molecule has 144 valence electrons. The number of aliphatic carboxylic acids is 1. The lowest BCUT2D eigenvalue weighted by molar-refractivity contribution is -0.152. The van der Waals surface area contributed by atoms with E-state index in [1.165, 1.54) is 13.8 Å². The number of aromatic nitrogens is 1. The molecule has 2 aromatic carbocycles. The molecule has 1 unspecified atom stereocenters. The zero-order valence-electron chi connectivity index (χ0n) is 15.7. The van der Waals surface area contributed by atoms with Crippen LogP contribution in [0.4, 0.5) is 5.69 Å². The van der Waals surface area contributed by atoms with Crippen molar-refractivity contribution < 1.29 is 19.7 Å². The standard InChI is InChI=1S/C22H22N2O4/c1-4-14-6-5-7-16(10-14)24-20(25)12-17-11-15-8-9-18(13-19(15)23-17)28-22(2,3)21(26)27/h1,5-11,13,20,23-25H,12H2,2-3H3,(H,26,27). The Labute approximate surface area is 163 Å². The lowest BCUT2D eigenvalue weighted by atomic mass is 10.1. The van der Waals surface area contributed by atoms with Crippen molar-refractivity contribution >= 4 is 22.6 Å². The summed E-state index contributed by atoms with van der Waals surface area (Å²) in [5, 5.41) is 23.5. The molecule has 6 nitrogen and oxygen atoms in total. The summed E-state index contributed by atoms with van der Waals surface area (Å²) < 4.78 is 5.57. The number of benzene rings is 2. The number of H-pyrrole nitrogens is 1. The van der Waals surface area contributed by atoms with Crippen molar-refractivity contribution in [3.05, 3.63) is 59.8 Å². The highest BCUT2D eigenvalue weighted by Crippen LogP contribution is 2.25. The van der Waals surface area contributed by atoms with Crippen LogP contribution in [0.5, 0.6) is 5.75 Å². The number of carbonyl (C=O) groups is 1. The van der Waals surface area contributed by atoms with Crippen molar-refractivity contribution in [1.82, 2.24) is 4.98 Å². The number of ether oxygens (including phenoxy) is 1. The first kappa shape index (κ1) is 19.3. The van der Waals surface area contributed by atoms with Gasteiger partial charge in [0.05, 0.1) is 0 Å². The fourth-order valence-electron chi connectivity index (χ4n) is 2.83. The predicted molar refractivity (Wildman–Crippen MR) is 108 cm³/mol. The second-order valence-corrected chi connectivity index (χ2v) is 7.05. The van der Waals surface area contributed by atoms with Gasteiger partial charge in [-0.1, -0.05) is 12.0 Å². The molecular formula is C22H22N2O4. The quantitative estimate of drug-likeness (QED) is 0.374. The Kier molecular flexibility index (Phi) is 5.30. The van der Waals surface area contributed by atoms with Gasteiger partial charge in [-0.3, -0.25) is 0 Å². The Morgan fingerprint density at radius 2 is 2.07 bits per heavy atom. The number of terminal acetylenes is 1. The Morgan fingerprint density at radius 3 is 2.79 bits per heavy atom. The summed E-state index contributed by atoms with van der Waals surface area (Å²) in [6.07, 6.45) is 4.94. The molecular weight excluding hydrogens is 356 g/mol. The molecule has 1 atom stereocenters. The summed E-state index contributed by atoms with van der Waals surface area (Å²) in [5.41, 5.74) is 1.79. The van der Waals surface area contributed by atoms with E-state index in [1.807, 2.05) is 30.3 Å². The second kappa shape index (κ2) is 7.67. The van der Waals surface area contributed by atoms with Crippen LogP contribution in [-0.2, 0) is 11.2 Å². The molecule has 0 amide bonds. The Morgan fingerprint density at radius 1 is 1.29 bits per heavy atom. The minimum atomic E-state index is -1.32. The smallest absolute Gasteiger partial charge is 0.347 e. The number of rotatable bonds is 7. The Hall–Kier alpha value is -3.43. The van der Waals surface area contributed by atoms with Crippen LogP contribution in [0.2, 0.25) is 0 Å². The first-order valence-corrected chi connectivity index (χ1v) is 8.82. The molecule has 0 radical (unpaired) electrons. The van der Waals surface area contributed by atoms with E-state index in [4.69, 9.17) is 11.2 Å². The number of fused-ring (bicyclic) bond motifs is 1. The number of hydrogen-bond donors (Lipinski definition) is 4. The van der Waals surface area contributed by atoms with Gasteiger partial charge in [-0.2, -0.15) is 0 Å². The van der Waals surface area contributed by atoms with Crippen molar-refractivity contribution in [2.45, 2.75) is 32.1 Å². The van der Waals surface area contributed by atoms with Gasteiger partial charge in [-0.05, 0) is 55.6 Å². The van der Waals surface area contributed by atoms with Gasteiger partial charge in [0.1, 0.15) is 12.0 Å². The Bertz CT molecular complexity index is 1050. The van der Waals surface area contributed by atoms with Gasteiger partial charge in [-0.25, -0.2) is 4.79 Å². The maximum atomic E-state index is 11.2. The average Bonchev–Trinajstić information content (AvgIpc) is 3.02. The van der Waals surface area contributed by atoms with Crippen LogP contribution in [0.1, 0.15) is 25.1 Å². The summed E-state index contributed by atoms with van der Waals surface area (Å²) in [4.78, 5) is 14.5. The number of hydrogen-bond acceptors (Lipinski definition) is 4. The first-order valence-electron chi connectivity index (χ1n) is 8.82. The van der Waals surface area contributed by atoms with Crippen molar-refractivity contribution in [3.63, 3.8) is 0 Å². The van der Waals surface area contributed by atoms with Crippen molar-refractivity contribution in [2.24, 2.45) is 0 Å². The Balaban J connectivity index is 1.71. The largest absolute Gasteiger partial charge is 0.478 e. The lowest BCUT2D eigenvalue weighted by Gasteiger charge is -2.21. The van der Waals surface area contributed by atoms with Gasteiger partial charge in [0, 0.05) is 34.9 Å². The molecule has 3 rings (SSSR count). The molecule has 0 aliphatic rings. The summed E-state index contributed by atoms with van der Waals surface area (Å²) in [6, 6.07) is 14.5. The first-order chi connectivity index (χ1) is 13.3. The second-order valence-electron chi connectivity index (χ2n) is 7.05. The van der Waals surface area contributed by atoms with E-state index in [0.717, 1.165) is 27.8 Å². The van der Waals surface area contributed by atoms with Crippen molar-refractivity contribution in [3.8, 4) is 18.1 Å². The van der Waals surface area contributed by atoms with Gasteiger partial charge < -0.3 is 25.3 Å². The van der Waals surface area contributed by atoms with Crippen molar-refractivity contribution in [2.75, 3.05) is 5.32 Å². The highest BCUT2D eigenvalue weighted by molar-refractivity contribution is 5.82. The van der Waals surface area contributed by atoms with Crippen molar-refractivity contribution in [1.29, 1.82) is 0 Å². The molecule has 0 spiro atoms. The van der Waals surface area contributed by atoms with E-state index in [1.54, 1.807) is 18.2 Å². The third kappa shape index (κ3) is 4.45. The van der Waals surface area contributed by atoms with Gasteiger partial charge in [0.25, 0.3) is 0 Å². The number of anilines is 1. The molecule has 0 saturated heterocycles. The number of carboxylic acids is 1. The number of carboxylic acid groups (broad SMARTS) is 1. The minimum absolute atomic E-state index is 0.353. The van der Waals surface area contributed by atoms with E-state index in [2.05, 4.69) is 16.2 Å². The molecule has 3 aromatic rings. The molecule has 1 heterocycles. The van der Waals surface area contributed by atoms with Crippen LogP contribution in [0, 0.1) is 12.3 Å². The van der Waals surface area contributed by atoms with Crippen LogP contribution < -0.4 is 10.1 Å². The van der Waals surface area contributed by atoms with E-state index in [-0.39, 0.29) is 0 Å². The lowest BCUT2D eigenvalue weighted by Crippen LogP contribution is -2.37. The molecule has 28 heavy (non-hydrogen) atoms. The maximum Gasteiger partial charge on any atom is 0.347 e. The van der Waals surface area contributed by atoms with E-state index in [9.17, 15) is 15.0 Å². The zero-order chi connectivity index (χ0) is 20.3. The van der Waals surface area contributed by atoms with Crippen LogP contribution >= 0.6 is 0 Å². The monoisotopic (exact) mass is 378 g/mol. The van der Waals surface area contributed by atoms with Crippen LogP contribution in [0.15, 0.2) is 48.5 Å². The fourth-order valence-corrected chi connectivity index (χ4v) is 2.83. The summed E-state index contributed by atoms with van der Waals surface area (Å²) in [6.45, 7) is 2.99. The minimum Gasteiger partial charge on any atom is -0.478 e. The van der Waals surface area contributed by atoms with Gasteiger partial charge in [-0.15, -0.1) is 6.42 Å². The summed E-state index contributed by atoms with van der Waals surface area (Å²) >= 11 is 0.